The van der Waals surface area contributed by atoms with Crippen molar-refractivity contribution in [3.63, 3.8) is 0 Å². The van der Waals surface area contributed by atoms with Gasteiger partial charge in [0.05, 0.1) is 38.3 Å². The lowest BCUT2D eigenvalue weighted by atomic mass is 9.96. The molecule has 150 valence electrons. The predicted molar refractivity (Wildman–Crippen MR) is 114 cm³/mol. The molecule has 0 spiro atoms. The van der Waals surface area contributed by atoms with E-state index in [9.17, 15) is 10.5 Å². The minimum atomic E-state index is 0.316. The Morgan fingerprint density at radius 2 is 1.93 bits per heavy atom. The molecule has 3 aromatic rings. The summed E-state index contributed by atoms with van der Waals surface area (Å²) in [5, 5.41) is 23.1. The normalized spacial score (nSPS) is 13.0. The zero-order valence-corrected chi connectivity index (χ0v) is 17.2. The summed E-state index contributed by atoms with van der Waals surface area (Å²) >= 11 is 5.66. The summed E-state index contributed by atoms with van der Waals surface area (Å²) < 4.78 is 13.1. The number of hydrogen-bond acceptors (Lipinski definition) is 7. The highest BCUT2D eigenvalue weighted by atomic mass is 32.1. The molecule has 2 aromatic heterocycles. The third kappa shape index (κ3) is 3.55. The van der Waals surface area contributed by atoms with E-state index in [1.54, 1.807) is 10.8 Å². The van der Waals surface area contributed by atoms with Crippen LogP contribution in [0.4, 0.5) is 5.82 Å². The molecule has 0 amide bonds. The predicted octanol–water partition coefficient (Wildman–Crippen LogP) is 4.46. The van der Waals surface area contributed by atoms with Crippen LogP contribution in [0.15, 0.2) is 47.1 Å². The highest BCUT2D eigenvalue weighted by Gasteiger charge is 2.25. The van der Waals surface area contributed by atoms with Gasteiger partial charge in [0.2, 0.25) is 0 Å². The standard InChI is InChI=1S/C22H19N5O2S/c1-2-28-16-7-5-15(6-8-16)20-18(10-23)21-25-13-26(12-17-4-3-9-29-17)14-27(21)22(30)19(20)11-24/h3-9,25H,2,12-14H2,1H3. The van der Waals surface area contributed by atoms with E-state index < -0.39 is 0 Å². The highest BCUT2D eigenvalue weighted by molar-refractivity contribution is 7.71. The van der Waals surface area contributed by atoms with E-state index in [4.69, 9.17) is 21.4 Å². The van der Waals surface area contributed by atoms with Crippen LogP contribution in [0, 0.1) is 27.3 Å². The third-order valence-corrected chi connectivity index (χ3v) is 5.34. The fourth-order valence-electron chi connectivity index (χ4n) is 3.59. The number of nitrogens with one attached hydrogen (secondary N) is 1. The Morgan fingerprint density at radius 1 is 1.17 bits per heavy atom. The number of hydrogen-bond donors (Lipinski definition) is 1. The van der Waals surface area contributed by atoms with E-state index >= 15 is 0 Å². The summed E-state index contributed by atoms with van der Waals surface area (Å²) in [5.41, 5.74) is 2.02. The Bertz CT molecular complexity index is 1200. The second-order valence-corrected chi connectivity index (χ2v) is 7.16. The first-order chi connectivity index (χ1) is 14.7. The number of nitrogens with zero attached hydrogens (tertiary/aromatic N) is 4. The summed E-state index contributed by atoms with van der Waals surface area (Å²) in [7, 11) is 0. The smallest absolute Gasteiger partial charge is 0.128 e. The molecule has 0 radical (unpaired) electrons. The van der Waals surface area contributed by atoms with Crippen molar-refractivity contribution in [2.24, 2.45) is 0 Å². The summed E-state index contributed by atoms with van der Waals surface area (Å²) in [4.78, 5) is 2.08. The van der Waals surface area contributed by atoms with Crippen molar-refractivity contribution >= 4 is 18.0 Å². The van der Waals surface area contributed by atoms with Crippen LogP contribution >= 0.6 is 12.2 Å². The number of furan rings is 1. The van der Waals surface area contributed by atoms with Gasteiger partial charge in [-0.3, -0.25) is 4.90 Å². The summed E-state index contributed by atoms with van der Waals surface area (Å²) in [6, 6.07) is 15.6. The fraction of sp³-hybridized carbons (Fsp3) is 0.227. The molecule has 0 atom stereocenters. The molecule has 1 aromatic carbocycles. The lowest BCUT2D eigenvalue weighted by Crippen LogP contribution is -2.38. The second kappa shape index (κ2) is 8.42. The maximum atomic E-state index is 9.96. The molecule has 0 aliphatic carbocycles. The van der Waals surface area contributed by atoms with Gasteiger partial charge in [-0.1, -0.05) is 24.4 Å². The maximum Gasteiger partial charge on any atom is 0.128 e. The number of nitriles is 2. The molecule has 1 aliphatic rings. The molecule has 7 nitrogen and oxygen atoms in total. The quantitative estimate of drug-likeness (QED) is 0.613. The van der Waals surface area contributed by atoms with Gasteiger partial charge >= 0.3 is 0 Å². The molecule has 1 aliphatic heterocycles. The Balaban J connectivity index is 1.79. The molecule has 0 unspecified atom stereocenters. The Kier molecular flexibility index (Phi) is 5.53. The van der Waals surface area contributed by atoms with Gasteiger partial charge in [0.15, 0.2) is 0 Å². The number of ether oxygens (including phenoxy) is 1. The molecule has 0 bridgehead atoms. The number of anilines is 1. The van der Waals surface area contributed by atoms with Crippen LogP contribution in [0.3, 0.4) is 0 Å². The largest absolute Gasteiger partial charge is 0.494 e. The minimum absolute atomic E-state index is 0.316. The van der Waals surface area contributed by atoms with Crippen LogP contribution in [0.2, 0.25) is 0 Å². The topological polar surface area (TPSA) is 90.1 Å². The maximum absolute atomic E-state index is 9.96. The van der Waals surface area contributed by atoms with Crippen molar-refractivity contribution in [3.05, 3.63) is 64.2 Å². The molecule has 4 rings (SSSR count). The first kappa shape index (κ1) is 19.7. The zero-order chi connectivity index (χ0) is 21.1. The van der Waals surface area contributed by atoms with Crippen LogP contribution in [-0.4, -0.2) is 22.7 Å². The molecule has 0 saturated heterocycles. The van der Waals surface area contributed by atoms with Crippen LogP contribution in [0.5, 0.6) is 5.75 Å². The van der Waals surface area contributed by atoms with E-state index in [0.717, 1.165) is 17.1 Å². The van der Waals surface area contributed by atoms with Gasteiger partial charge in [-0.25, -0.2) is 0 Å². The second-order valence-electron chi connectivity index (χ2n) is 6.77. The molecular formula is C22H19N5O2S. The molecule has 0 fully saturated rings. The number of fused-ring (bicyclic) bond motifs is 1. The number of aromatic nitrogens is 1. The first-order valence-electron chi connectivity index (χ1n) is 9.49. The molecule has 8 heteroatoms. The van der Waals surface area contributed by atoms with Gasteiger partial charge in [-0.05, 0) is 36.8 Å². The Hall–Kier alpha value is -3.59. The average molecular weight is 417 g/mol. The van der Waals surface area contributed by atoms with Crippen molar-refractivity contribution < 1.29 is 9.15 Å². The highest BCUT2D eigenvalue weighted by Crippen LogP contribution is 2.35. The van der Waals surface area contributed by atoms with E-state index in [0.29, 0.717) is 53.6 Å². The van der Waals surface area contributed by atoms with Crippen LogP contribution in [-0.2, 0) is 13.2 Å². The van der Waals surface area contributed by atoms with Gasteiger partial charge in [0.1, 0.15) is 39.7 Å². The number of pyridine rings is 1. The number of rotatable bonds is 5. The van der Waals surface area contributed by atoms with Crippen molar-refractivity contribution in [1.82, 2.24) is 9.47 Å². The van der Waals surface area contributed by atoms with Gasteiger partial charge in [-0.2, -0.15) is 10.5 Å². The lowest BCUT2D eigenvalue weighted by Gasteiger charge is -2.32. The molecule has 1 N–H and O–H groups in total. The summed E-state index contributed by atoms with van der Waals surface area (Å²) in [6.45, 7) is 4.05. The van der Waals surface area contributed by atoms with E-state index in [2.05, 4.69) is 22.4 Å². The minimum Gasteiger partial charge on any atom is -0.494 e. The van der Waals surface area contributed by atoms with Crippen molar-refractivity contribution in [2.45, 2.75) is 20.1 Å². The van der Waals surface area contributed by atoms with Crippen LogP contribution in [0.25, 0.3) is 11.1 Å². The molecule has 30 heavy (non-hydrogen) atoms. The first-order valence-corrected chi connectivity index (χ1v) is 9.90. The van der Waals surface area contributed by atoms with Crippen molar-refractivity contribution in [1.29, 1.82) is 10.5 Å². The van der Waals surface area contributed by atoms with Gasteiger partial charge in [-0.15, -0.1) is 0 Å². The van der Waals surface area contributed by atoms with Crippen LogP contribution in [0.1, 0.15) is 23.8 Å². The SMILES string of the molecule is CCOc1ccc(-c2c(C#N)c3n(c(=S)c2C#N)CN(Cc2ccco2)CN3)cc1. The fourth-order valence-corrected chi connectivity index (χ4v) is 3.89. The van der Waals surface area contributed by atoms with Crippen LogP contribution < -0.4 is 10.1 Å². The van der Waals surface area contributed by atoms with Crippen molar-refractivity contribution in [2.75, 3.05) is 18.6 Å². The van der Waals surface area contributed by atoms with E-state index in [-0.39, 0.29) is 0 Å². The van der Waals surface area contributed by atoms with Gasteiger partial charge in [0, 0.05) is 5.56 Å². The van der Waals surface area contributed by atoms with Gasteiger partial charge in [0.25, 0.3) is 0 Å². The zero-order valence-electron chi connectivity index (χ0n) is 16.4. The Morgan fingerprint density at radius 3 is 2.57 bits per heavy atom. The third-order valence-electron chi connectivity index (χ3n) is 4.91. The summed E-state index contributed by atoms with van der Waals surface area (Å²) in [5.74, 6) is 2.19. The van der Waals surface area contributed by atoms with E-state index in [1.165, 1.54) is 0 Å². The molecule has 3 heterocycles. The van der Waals surface area contributed by atoms with Gasteiger partial charge < -0.3 is 19.0 Å². The number of benzene rings is 1. The lowest BCUT2D eigenvalue weighted by molar-refractivity contribution is 0.193. The summed E-state index contributed by atoms with van der Waals surface area (Å²) in [6.07, 6.45) is 1.64. The Labute approximate surface area is 179 Å². The van der Waals surface area contributed by atoms with E-state index in [1.807, 2.05) is 43.3 Å². The molecule has 0 saturated carbocycles. The monoisotopic (exact) mass is 417 g/mol. The van der Waals surface area contributed by atoms with Crippen molar-refractivity contribution in [3.8, 4) is 29.0 Å². The molecular weight excluding hydrogens is 398 g/mol. The average Bonchev–Trinajstić information content (AvgIpc) is 3.28.